The Morgan fingerprint density at radius 3 is 0.935 bits per heavy atom. The monoisotopic (exact) mass is 580 g/mol. The number of rotatable bonds is 2. The average Bonchev–Trinajstić information content (AvgIpc) is 3.12. The van der Waals surface area contributed by atoms with E-state index in [9.17, 15) is 0 Å². The molecule has 0 heteroatoms. The molecule has 0 heterocycles. The van der Waals surface area contributed by atoms with Crippen LogP contribution in [0, 0.1) is 23.7 Å². The largest absolute Gasteiger partial charge is 0.0616 e. The Balaban J connectivity index is 1.01. The summed E-state index contributed by atoms with van der Waals surface area (Å²) in [5.41, 5.74) is 6.42. The van der Waals surface area contributed by atoms with Gasteiger partial charge >= 0.3 is 0 Å². The summed E-state index contributed by atoms with van der Waals surface area (Å²) in [6.45, 7) is 0. The maximum absolute atomic E-state index is 3.49. The van der Waals surface area contributed by atoms with E-state index in [1.165, 1.54) is 43.1 Å². The minimum Gasteiger partial charge on any atom is -0.0616 e. The molecule has 0 aliphatic carbocycles. The third-order valence-corrected chi connectivity index (χ3v) is 8.50. The molecule has 0 aromatic heterocycles. The zero-order valence-corrected chi connectivity index (χ0v) is 25.2. The smallest absolute Gasteiger partial charge is 0.0405 e. The van der Waals surface area contributed by atoms with Gasteiger partial charge in [0.05, 0.1) is 0 Å². The van der Waals surface area contributed by atoms with Gasteiger partial charge in [0.2, 0.25) is 0 Å². The van der Waals surface area contributed by atoms with E-state index in [2.05, 4.69) is 194 Å². The number of benzene rings is 8. The Hall–Kier alpha value is -6.34. The second-order valence-corrected chi connectivity index (χ2v) is 11.5. The lowest BCUT2D eigenvalue weighted by Gasteiger charge is -2.06. The average molecular weight is 581 g/mol. The van der Waals surface area contributed by atoms with E-state index in [-0.39, 0.29) is 0 Å². The predicted octanol–water partition coefficient (Wildman–Crippen LogP) is 11.3. The van der Waals surface area contributed by atoms with Gasteiger partial charge < -0.3 is 0 Å². The number of fused-ring (bicyclic) bond motifs is 4. The van der Waals surface area contributed by atoms with E-state index >= 15 is 0 Å². The summed E-state index contributed by atoms with van der Waals surface area (Å²) < 4.78 is 0. The van der Waals surface area contributed by atoms with Crippen molar-refractivity contribution in [2.75, 3.05) is 0 Å². The lowest BCUT2D eigenvalue weighted by Crippen LogP contribution is -1.85. The molecule has 0 aliphatic heterocycles. The highest BCUT2D eigenvalue weighted by Gasteiger charge is 2.06. The van der Waals surface area contributed by atoms with E-state index in [0.717, 1.165) is 33.4 Å². The third-order valence-electron chi connectivity index (χ3n) is 8.50. The molecule has 8 rings (SSSR count). The lowest BCUT2D eigenvalue weighted by molar-refractivity contribution is 1.60. The van der Waals surface area contributed by atoms with Crippen molar-refractivity contribution in [3.8, 4) is 23.7 Å². The predicted molar refractivity (Wildman–Crippen MR) is 197 cm³/mol. The van der Waals surface area contributed by atoms with E-state index in [1.807, 2.05) is 0 Å². The highest BCUT2D eigenvalue weighted by atomic mass is 14.1. The van der Waals surface area contributed by atoms with Crippen molar-refractivity contribution in [1.29, 1.82) is 0 Å². The topological polar surface area (TPSA) is 0 Å². The fourth-order valence-corrected chi connectivity index (χ4v) is 6.11. The van der Waals surface area contributed by atoms with Crippen LogP contribution in [0.2, 0.25) is 0 Å². The van der Waals surface area contributed by atoms with Crippen molar-refractivity contribution in [2.45, 2.75) is 0 Å². The molecule has 0 nitrogen and oxygen atoms in total. The van der Waals surface area contributed by atoms with Crippen molar-refractivity contribution in [2.24, 2.45) is 0 Å². The second-order valence-electron chi connectivity index (χ2n) is 11.5. The molecule has 8 aromatic rings. The minimum absolute atomic E-state index is 0.996. The van der Waals surface area contributed by atoms with Crippen LogP contribution in [0.25, 0.3) is 55.2 Å². The number of hydrogen-bond donors (Lipinski definition) is 0. The molecule has 0 saturated carbocycles. The molecular formula is C46H28. The van der Waals surface area contributed by atoms with Crippen molar-refractivity contribution in [3.63, 3.8) is 0 Å². The van der Waals surface area contributed by atoms with Gasteiger partial charge in [0.15, 0.2) is 0 Å². The van der Waals surface area contributed by atoms with Crippen LogP contribution in [-0.2, 0) is 0 Å². The molecule has 0 spiro atoms. The molecule has 0 N–H and O–H groups in total. The molecule has 8 aromatic carbocycles. The highest BCUT2D eigenvalue weighted by Crippen LogP contribution is 2.29. The maximum Gasteiger partial charge on any atom is 0.0405 e. The zero-order chi connectivity index (χ0) is 30.7. The number of hydrogen-bond acceptors (Lipinski definition) is 0. The Morgan fingerprint density at radius 1 is 0.304 bits per heavy atom. The van der Waals surface area contributed by atoms with Gasteiger partial charge in [0, 0.05) is 22.3 Å². The van der Waals surface area contributed by atoms with Crippen LogP contribution >= 0.6 is 0 Å². The van der Waals surface area contributed by atoms with Crippen LogP contribution in [0.1, 0.15) is 33.4 Å². The van der Waals surface area contributed by atoms with Crippen molar-refractivity contribution in [1.82, 2.24) is 0 Å². The summed E-state index contributed by atoms with van der Waals surface area (Å²) in [4.78, 5) is 0. The first-order valence-corrected chi connectivity index (χ1v) is 15.5. The normalized spacial score (nSPS) is 11.0. The summed E-state index contributed by atoms with van der Waals surface area (Å²) in [6, 6.07) is 55.2. The Morgan fingerprint density at radius 2 is 0.609 bits per heavy atom. The van der Waals surface area contributed by atoms with Crippen molar-refractivity contribution < 1.29 is 0 Å². The van der Waals surface area contributed by atoms with Gasteiger partial charge in [0.25, 0.3) is 0 Å². The molecule has 0 fully saturated rings. The second kappa shape index (κ2) is 12.0. The molecule has 0 aliphatic rings. The fraction of sp³-hybridized carbons (Fsp3) is 0. The Labute approximate surface area is 269 Å². The molecule has 0 radical (unpaired) electrons. The van der Waals surface area contributed by atoms with Crippen LogP contribution in [-0.4, -0.2) is 0 Å². The Kier molecular flexibility index (Phi) is 7.09. The summed E-state index contributed by atoms with van der Waals surface area (Å²) >= 11 is 0. The lowest BCUT2D eigenvalue weighted by atomic mass is 9.97. The summed E-state index contributed by atoms with van der Waals surface area (Å²) in [7, 11) is 0. The fourth-order valence-electron chi connectivity index (χ4n) is 6.11. The summed E-state index contributed by atoms with van der Waals surface area (Å²) in [5.74, 6) is 13.8. The van der Waals surface area contributed by atoms with Gasteiger partial charge in [-0.2, -0.15) is 0 Å². The molecule has 0 bridgehead atoms. The van der Waals surface area contributed by atoms with Gasteiger partial charge in [-0.25, -0.2) is 0 Å². The molecule has 0 unspecified atom stereocenters. The minimum atomic E-state index is 0.996. The SMILES string of the molecule is C(#Cc1c2ccccc2cc2ccccc12)c1ccc(/C=C\c2ccc(C#Cc3c4ccccc4cc4ccccc34)cc2)cc1. The molecule has 46 heavy (non-hydrogen) atoms. The first kappa shape index (κ1) is 27.2. The van der Waals surface area contributed by atoms with Crippen molar-refractivity contribution in [3.05, 3.63) is 191 Å². The standard InChI is InChI=1S/C46H28/c1-5-13-41-37(9-1)31-38-10-2-6-14-42(38)45(41)29-27-35-23-19-33(20-24-35)17-18-34-21-25-36(26-22-34)28-30-46-43-15-7-3-11-39(43)32-40-12-4-8-16-44(40)46/h1-26,31-32H/b18-17-. The quantitative estimate of drug-likeness (QED) is 0.108. The maximum atomic E-state index is 3.49. The Bertz CT molecular complexity index is 2270. The zero-order valence-electron chi connectivity index (χ0n) is 25.2. The molecular weight excluding hydrogens is 553 g/mol. The van der Waals surface area contributed by atoms with Gasteiger partial charge in [0.1, 0.15) is 0 Å². The van der Waals surface area contributed by atoms with Crippen molar-refractivity contribution >= 4 is 55.2 Å². The van der Waals surface area contributed by atoms with E-state index in [4.69, 9.17) is 0 Å². The van der Waals surface area contributed by atoms with Crippen LogP contribution in [0.15, 0.2) is 158 Å². The molecule has 212 valence electrons. The molecule has 0 saturated heterocycles. The third kappa shape index (κ3) is 5.42. The van der Waals surface area contributed by atoms with Crippen LogP contribution in [0.4, 0.5) is 0 Å². The molecule has 0 atom stereocenters. The van der Waals surface area contributed by atoms with Crippen LogP contribution < -0.4 is 0 Å². The van der Waals surface area contributed by atoms with E-state index < -0.39 is 0 Å². The first-order chi connectivity index (χ1) is 22.8. The summed E-state index contributed by atoms with van der Waals surface area (Å²) in [6.07, 6.45) is 4.27. The van der Waals surface area contributed by atoms with E-state index in [1.54, 1.807) is 0 Å². The summed E-state index contributed by atoms with van der Waals surface area (Å²) in [5, 5.41) is 9.60. The first-order valence-electron chi connectivity index (χ1n) is 15.5. The van der Waals surface area contributed by atoms with Gasteiger partial charge in [-0.15, -0.1) is 0 Å². The van der Waals surface area contributed by atoms with Crippen LogP contribution in [0.3, 0.4) is 0 Å². The highest BCUT2D eigenvalue weighted by molar-refractivity contribution is 6.05. The van der Waals surface area contributed by atoms with Gasteiger partial charge in [-0.05, 0) is 90.6 Å². The van der Waals surface area contributed by atoms with E-state index in [0.29, 0.717) is 0 Å². The van der Waals surface area contributed by atoms with Crippen LogP contribution in [0.5, 0.6) is 0 Å². The molecule has 0 amide bonds. The van der Waals surface area contributed by atoms with Gasteiger partial charge in [-0.3, -0.25) is 0 Å². The van der Waals surface area contributed by atoms with Gasteiger partial charge in [-0.1, -0.05) is 157 Å².